The number of ether oxygens (including phenoxy) is 1. The number of fused-ring (bicyclic) bond motifs is 1. The third-order valence-electron chi connectivity index (χ3n) is 7.70. The molecule has 1 saturated carbocycles. The highest BCUT2D eigenvalue weighted by Gasteiger charge is 2.40. The summed E-state index contributed by atoms with van der Waals surface area (Å²) in [7, 11) is 0. The van der Waals surface area contributed by atoms with Gasteiger partial charge in [0.1, 0.15) is 23.5 Å². The van der Waals surface area contributed by atoms with E-state index in [0.29, 0.717) is 29.2 Å². The minimum absolute atomic E-state index is 0.268. The molecule has 0 N–H and O–H groups in total. The van der Waals surface area contributed by atoms with E-state index in [1.807, 2.05) is 48.4 Å². The highest BCUT2D eigenvalue weighted by molar-refractivity contribution is 5.71. The van der Waals surface area contributed by atoms with Crippen molar-refractivity contribution in [3.8, 4) is 29.3 Å². The molecule has 1 aliphatic carbocycles. The lowest BCUT2D eigenvalue weighted by Crippen LogP contribution is -2.41. The van der Waals surface area contributed by atoms with E-state index in [4.69, 9.17) is 9.84 Å². The van der Waals surface area contributed by atoms with E-state index in [9.17, 15) is 10.5 Å². The van der Waals surface area contributed by atoms with Gasteiger partial charge in [0.15, 0.2) is 6.19 Å². The largest absolute Gasteiger partial charge is 0.469 e. The fourth-order valence-electron chi connectivity index (χ4n) is 5.58. The van der Waals surface area contributed by atoms with Gasteiger partial charge in [-0.3, -0.25) is 14.1 Å². The Morgan fingerprint density at radius 1 is 1.11 bits per heavy atom. The van der Waals surface area contributed by atoms with Crippen LogP contribution in [0.5, 0.6) is 5.88 Å². The molecular weight excluding hydrogens is 464 g/mol. The van der Waals surface area contributed by atoms with Crippen LogP contribution in [-0.4, -0.2) is 41.6 Å². The van der Waals surface area contributed by atoms with Gasteiger partial charge in [0.25, 0.3) is 0 Å². The molecule has 9 nitrogen and oxygen atoms in total. The molecule has 37 heavy (non-hydrogen) atoms. The Kier molecular flexibility index (Phi) is 5.77. The highest BCUT2D eigenvalue weighted by Crippen LogP contribution is 2.42. The summed E-state index contributed by atoms with van der Waals surface area (Å²) in [6.45, 7) is 4.81. The summed E-state index contributed by atoms with van der Waals surface area (Å²) in [4.78, 5) is 10.9. The fraction of sp³-hybridized carbons (Fsp3) is 0.393. The van der Waals surface area contributed by atoms with Crippen molar-refractivity contribution in [1.29, 1.82) is 10.5 Å². The first kappa shape index (κ1) is 23.1. The molecule has 1 saturated heterocycles. The molecule has 2 fully saturated rings. The van der Waals surface area contributed by atoms with Gasteiger partial charge in [0, 0.05) is 36.1 Å². The molecular formula is C28H28N8O. The Morgan fingerprint density at radius 2 is 1.97 bits per heavy atom. The molecule has 186 valence electrons. The van der Waals surface area contributed by atoms with E-state index in [1.165, 1.54) is 12.8 Å². The zero-order valence-electron chi connectivity index (χ0n) is 20.9. The van der Waals surface area contributed by atoms with Gasteiger partial charge in [-0.05, 0) is 69.2 Å². The molecule has 2 aliphatic rings. The lowest BCUT2D eigenvalue weighted by atomic mass is 9.94. The number of imidazole rings is 1. The summed E-state index contributed by atoms with van der Waals surface area (Å²) in [5.74, 6) is 1.17. The monoisotopic (exact) mass is 492 g/mol. The number of piperidine rings is 1. The number of nitrogens with zero attached hydrogens (tertiary/aromatic N) is 8. The molecule has 0 amide bonds. The molecule has 0 aromatic carbocycles. The molecule has 5 heterocycles. The summed E-state index contributed by atoms with van der Waals surface area (Å²) in [6, 6.07) is 12.4. The summed E-state index contributed by atoms with van der Waals surface area (Å²) in [5.41, 5.74) is 4.86. The second kappa shape index (κ2) is 9.25. The predicted octanol–water partition coefficient (Wildman–Crippen LogP) is 4.81. The van der Waals surface area contributed by atoms with Crippen LogP contribution in [0.25, 0.3) is 16.8 Å². The van der Waals surface area contributed by atoms with E-state index < -0.39 is 0 Å². The van der Waals surface area contributed by atoms with Crippen molar-refractivity contribution in [1.82, 2.24) is 29.0 Å². The normalized spacial score (nSPS) is 20.4. The number of hydrogen-bond acceptors (Lipinski definition) is 7. The number of rotatable bonds is 6. The Bertz CT molecular complexity index is 1520. The lowest BCUT2D eigenvalue weighted by molar-refractivity contribution is 0.150. The van der Waals surface area contributed by atoms with Gasteiger partial charge in [0.05, 0.1) is 24.1 Å². The van der Waals surface area contributed by atoms with E-state index >= 15 is 0 Å². The molecule has 0 radical (unpaired) electrons. The van der Waals surface area contributed by atoms with Gasteiger partial charge in [0.2, 0.25) is 5.88 Å². The van der Waals surface area contributed by atoms with E-state index in [1.54, 1.807) is 16.8 Å². The quantitative estimate of drug-likeness (QED) is 0.355. The average Bonchev–Trinajstić information content (AvgIpc) is 3.58. The first-order valence-corrected chi connectivity index (χ1v) is 12.8. The SMILES string of the molecule is Cc1c(-c2cc(O[C@H](C)c3ccccn3)n3c(C#N)cnc3c2)cnn1[C@H]1CCN(C#N)[C@H](C2CC2)C1. The maximum absolute atomic E-state index is 9.66. The van der Waals surface area contributed by atoms with Crippen molar-refractivity contribution < 1.29 is 4.74 Å². The zero-order chi connectivity index (χ0) is 25.5. The van der Waals surface area contributed by atoms with Crippen LogP contribution in [0.15, 0.2) is 48.9 Å². The van der Waals surface area contributed by atoms with Gasteiger partial charge in [-0.15, -0.1) is 0 Å². The molecule has 0 unspecified atom stereocenters. The summed E-state index contributed by atoms with van der Waals surface area (Å²) < 4.78 is 10.2. The average molecular weight is 493 g/mol. The van der Waals surface area contributed by atoms with Gasteiger partial charge < -0.3 is 9.64 Å². The van der Waals surface area contributed by atoms with Crippen LogP contribution < -0.4 is 4.74 Å². The Hall–Kier alpha value is -4.37. The molecule has 9 heteroatoms. The minimum Gasteiger partial charge on any atom is -0.469 e. The third kappa shape index (κ3) is 4.17. The van der Waals surface area contributed by atoms with Crippen LogP contribution in [0.1, 0.15) is 61.8 Å². The van der Waals surface area contributed by atoms with Crippen molar-refractivity contribution in [3.63, 3.8) is 0 Å². The summed E-state index contributed by atoms with van der Waals surface area (Å²) in [5, 5.41) is 24.0. The van der Waals surface area contributed by atoms with E-state index in [2.05, 4.69) is 33.8 Å². The molecule has 4 aromatic rings. The molecule has 4 aromatic heterocycles. The second-order valence-corrected chi connectivity index (χ2v) is 10.0. The second-order valence-electron chi connectivity index (χ2n) is 10.0. The van der Waals surface area contributed by atoms with Crippen molar-refractivity contribution in [2.24, 2.45) is 5.92 Å². The summed E-state index contributed by atoms with van der Waals surface area (Å²) in [6.07, 6.45) is 11.6. The molecule has 0 bridgehead atoms. The predicted molar refractivity (Wildman–Crippen MR) is 136 cm³/mol. The number of pyridine rings is 2. The van der Waals surface area contributed by atoms with E-state index in [-0.39, 0.29) is 12.1 Å². The maximum Gasteiger partial charge on any atom is 0.201 e. The minimum atomic E-state index is -0.318. The molecule has 1 aliphatic heterocycles. The molecule has 0 spiro atoms. The van der Waals surface area contributed by atoms with Crippen LogP contribution in [0.2, 0.25) is 0 Å². The van der Waals surface area contributed by atoms with Crippen molar-refractivity contribution in [2.75, 3.05) is 6.54 Å². The standard InChI is InChI=1S/C28H28N8O/c1-18-24(16-33-36(18)22-8-10-34(17-30)26(13-22)20-6-7-20)21-11-27-32-15-23(14-29)35(27)28(12-21)37-19(2)25-5-3-4-9-31-25/h3-5,9,11-12,15-16,19-20,22,26H,6-8,10,13H2,1-2H3/t19-,22+,26+/m1/s1. The smallest absolute Gasteiger partial charge is 0.201 e. The fourth-order valence-corrected chi connectivity index (χ4v) is 5.58. The van der Waals surface area contributed by atoms with Gasteiger partial charge >= 0.3 is 0 Å². The Morgan fingerprint density at radius 3 is 2.70 bits per heavy atom. The number of nitriles is 2. The van der Waals surface area contributed by atoms with Crippen molar-refractivity contribution >= 4 is 5.65 Å². The van der Waals surface area contributed by atoms with Crippen LogP contribution in [0, 0.1) is 35.6 Å². The summed E-state index contributed by atoms with van der Waals surface area (Å²) >= 11 is 0. The zero-order valence-corrected chi connectivity index (χ0v) is 20.9. The molecule has 6 rings (SSSR count). The first-order chi connectivity index (χ1) is 18.1. The number of hydrogen-bond donors (Lipinski definition) is 0. The topological polar surface area (TPSA) is 108 Å². The number of aromatic nitrogens is 5. The van der Waals surface area contributed by atoms with Gasteiger partial charge in [-0.25, -0.2) is 4.98 Å². The van der Waals surface area contributed by atoms with Crippen molar-refractivity contribution in [2.45, 2.75) is 57.7 Å². The number of likely N-dealkylation sites (tertiary alicyclic amines) is 1. The van der Waals surface area contributed by atoms with Crippen LogP contribution in [-0.2, 0) is 0 Å². The lowest BCUT2D eigenvalue weighted by Gasteiger charge is -2.36. The van der Waals surface area contributed by atoms with E-state index in [0.717, 1.165) is 41.9 Å². The first-order valence-electron chi connectivity index (χ1n) is 12.8. The van der Waals surface area contributed by atoms with Crippen LogP contribution >= 0.6 is 0 Å². The molecule has 3 atom stereocenters. The van der Waals surface area contributed by atoms with Gasteiger partial charge in [-0.1, -0.05) is 6.07 Å². The highest BCUT2D eigenvalue weighted by atomic mass is 16.5. The van der Waals surface area contributed by atoms with Crippen LogP contribution in [0.3, 0.4) is 0 Å². The maximum atomic E-state index is 9.66. The van der Waals surface area contributed by atoms with Crippen molar-refractivity contribution in [3.05, 3.63) is 66.0 Å². The van der Waals surface area contributed by atoms with Crippen LogP contribution in [0.4, 0.5) is 0 Å². The van der Waals surface area contributed by atoms with Gasteiger partial charge in [-0.2, -0.15) is 15.6 Å². The third-order valence-corrected chi connectivity index (χ3v) is 7.70. The Balaban J connectivity index is 1.35. The Labute approximate surface area is 215 Å².